The molecule has 0 bridgehead atoms. The number of aryl methyl sites for hydroxylation is 1. The smallest absolute Gasteiger partial charge is 0.318 e. The quantitative estimate of drug-likeness (QED) is 0.464. The summed E-state index contributed by atoms with van der Waals surface area (Å²) >= 11 is 0. The van der Waals surface area contributed by atoms with Crippen molar-refractivity contribution in [2.45, 2.75) is 64.6 Å². The molecule has 1 unspecified atom stereocenters. The number of allylic oxidation sites excluding steroid dienone is 2. The van der Waals surface area contributed by atoms with Gasteiger partial charge in [-0.05, 0) is 43.4 Å². The van der Waals surface area contributed by atoms with Gasteiger partial charge in [0.2, 0.25) is 5.91 Å². The predicted molar refractivity (Wildman–Crippen MR) is 138 cm³/mol. The summed E-state index contributed by atoms with van der Waals surface area (Å²) in [5.74, 6) is -0.123. The third-order valence-electron chi connectivity index (χ3n) is 6.36. The van der Waals surface area contributed by atoms with E-state index in [-0.39, 0.29) is 18.0 Å². The van der Waals surface area contributed by atoms with Crippen LogP contribution in [0.1, 0.15) is 61.8 Å². The van der Waals surface area contributed by atoms with Crippen LogP contribution in [-0.2, 0) is 11.3 Å². The second-order valence-corrected chi connectivity index (χ2v) is 9.12. The van der Waals surface area contributed by atoms with Gasteiger partial charge in [-0.15, -0.1) is 0 Å². The number of amides is 3. The van der Waals surface area contributed by atoms with Crippen molar-refractivity contribution < 1.29 is 9.59 Å². The molecule has 1 aliphatic carbocycles. The van der Waals surface area contributed by atoms with E-state index in [1.54, 1.807) is 11.0 Å². The lowest BCUT2D eigenvalue weighted by molar-refractivity contribution is -0.126. The zero-order chi connectivity index (χ0) is 24.3. The summed E-state index contributed by atoms with van der Waals surface area (Å²) in [7, 11) is 0. The molecule has 0 aromatic heterocycles. The van der Waals surface area contributed by atoms with Crippen molar-refractivity contribution in [1.29, 1.82) is 0 Å². The molecule has 3 amide bonds. The molecule has 1 fully saturated rings. The number of nitrogens with zero attached hydrogens (tertiary/aromatic N) is 1. The molecule has 0 radical (unpaired) electrons. The first kappa shape index (κ1) is 25.3. The van der Waals surface area contributed by atoms with Gasteiger partial charge in [0.1, 0.15) is 6.04 Å². The maximum atomic E-state index is 13.8. The third kappa shape index (κ3) is 7.08. The molecule has 34 heavy (non-hydrogen) atoms. The SMILES string of the molecule is C=C/C=C(\C)CN(C(=O)NCc1ccccc1)C(C(=O)NC1CCCCC1)c1ccccc1C. The normalized spacial score (nSPS) is 15.3. The van der Waals surface area contributed by atoms with Crippen molar-refractivity contribution in [3.05, 3.63) is 95.6 Å². The molecule has 0 heterocycles. The van der Waals surface area contributed by atoms with Crippen LogP contribution >= 0.6 is 0 Å². The molecule has 1 saturated carbocycles. The van der Waals surface area contributed by atoms with Crippen LogP contribution in [0.25, 0.3) is 0 Å². The Morgan fingerprint density at radius 3 is 2.41 bits per heavy atom. The Kier molecular flexibility index (Phi) is 9.51. The van der Waals surface area contributed by atoms with Gasteiger partial charge in [-0.25, -0.2) is 4.79 Å². The Balaban J connectivity index is 1.92. The van der Waals surface area contributed by atoms with E-state index in [2.05, 4.69) is 17.2 Å². The van der Waals surface area contributed by atoms with Crippen LogP contribution < -0.4 is 10.6 Å². The topological polar surface area (TPSA) is 61.4 Å². The van der Waals surface area contributed by atoms with Crippen molar-refractivity contribution in [3.63, 3.8) is 0 Å². The van der Waals surface area contributed by atoms with Gasteiger partial charge in [0.15, 0.2) is 0 Å². The molecule has 2 N–H and O–H groups in total. The van der Waals surface area contributed by atoms with Gasteiger partial charge >= 0.3 is 6.03 Å². The van der Waals surface area contributed by atoms with E-state index in [1.807, 2.05) is 74.5 Å². The summed E-state index contributed by atoms with van der Waals surface area (Å²) in [6, 6.07) is 16.8. The first-order valence-electron chi connectivity index (χ1n) is 12.2. The Morgan fingerprint density at radius 2 is 1.74 bits per heavy atom. The Morgan fingerprint density at radius 1 is 1.06 bits per heavy atom. The van der Waals surface area contributed by atoms with Crippen molar-refractivity contribution in [2.75, 3.05) is 6.54 Å². The molecule has 5 nitrogen and oxygen atoms in total. The molecule has 5 heteroatoms. The summed E-state index contributed by atoms with van der Waals surface area (Å²) in [5.41, 5.74) is 3.79. The zero-order valence-corrected chi connectivity index (χ0v) is 20.4. The number of carbonyl (C=O) groups excluding carboxylic acids is 2. The molecule has 0 spiro atoms. The molecule has 0 aliphatic heterocycles. The second kappa shape index (κ2) is 12.8. The highest BCUT2D eigenvalue weighted by Gasteiger charge is 2.33. The first-order valence-corrected chi connectivity index (χ1v) is 12.2. The van der Waals surface area contributed by atoms with E-state index in [4.69, 9.17) is 0 Å². The Labute approximate surface area is 203 Å². The van der Waals surface area contributed by atoms with Crippen LogP contribution in [0.15, 0.2) is 78.9 Å². The van der Waals surface area contributed by atoms with E-state index in [9.17, 15) is 9.59 Å². The number of rotatable bonds is 9. The molecule has 180 valence electrons. The minimum absolute atomic E-state index is 0.123. The molecule has 2 aromatic rings. The number of hydrogen-bond acceptors (Lipinski definition) is 2. The maximum Gasteiger partial charge on any atom is 0.318 e. The molecule has 0 saturated heterocycles. The fourth-order valence-electron chi connectivity index (χ4n) is 4.55. The van der Waals surface area contributed by atoms with Gasteiger partial charge in [-0.1, -0.05) is 98.2 Å². The van der Waals surface area contributed by atoms with Crippen LogP contribution in [0, 0.1) is 6.92 Å². The van der Waals surface area contributed by atoms with Crippen LogP contribution in [0.4, 0.5) is 4.79 Å². The van der Waals surface area contributed by atoms with E-state index < -0.39 is 6.04 Å². The highest BCUT2D eigenvalue weighted by Crippen LogP contribution is 2.27. The Hall–Kier alpha value is -3.34. The van der Waals surface area contributed by atoms with Gasteiger partial charge < -0.3 is 15.5 Å². The van der Waals surface area contributed by atoms with Crippen LogP contribution in [0.5, 0.6) is 0 Å². The van der Waals surface area contributed by atoms with Gasteiger partial charge in [0.25, 0.3) is 0 Å². The van der Waals surface area contributed by atoms with Crippen LogP contribution in [0.3, 0.4) is 0 Å². The van der Waals surface area contributed by atoms with Crippen molar-refractivity contribution in [3.8, 4) is 0 Å². The molecule has 1 aliphatic rings. The maximum absolute atomic E-state index is 13.8. The molecular formula is C29H37N3O2. The lowest BCUT2D eigenvalue weighted by Gasteiger charge is -2.34. The molecule has 2 aromatic carbocycles. The minimum atomic E-state index is -0.730. The van der Waals surface area contributed by atoms with Gasteiger partial charge in [0.05, 0.1) is 0 Å². The largest absolute Gasteiger partial charge is 0.351 e. The predicted octanol–water partition coefficient (Wildman–Crippen LogP) is 5.83. The lowest BCUT2D eigenvalue weighted by Crippen LogP contribution is -2.50. The molecular weight excluding hydrogens is 422 g/mol. The summed E-state index contributed by atoms with van der Waals surface area (Å²) in [4.78, 5) is 29.0. The number of benzene rings is 2. The van der Waals surface area contributed by atoms with Crippen LogP contribution in [-0.4, -0.2) is 29.4 Å². The number of nitrogens with one attached hydrogen (secondary N) is 2. The van der Waals surface area contributed by atoms with Crippen molar-refractivity contribution >= 4 is 11.9 Å². The highest BCUT2D eigenvalue weighted by atomic mass is 16.2. The van der Waals surface area contributed by atoms with Gasteiger partial charge in [0, 0.05) is 19.1 Å². The fraction of sp³-hybridized carbons (Fsp3) is 0.379. The average Bonchev–Trinajstić information content (AvgIpc) is 2.84. The standard InChI is InChI=1S/C29H37N3O2/c1-4-13-22(2)21-32(29(34)30-20-24-15-7-5-8-16-24)27(26-19-12-11-14-23(26)3)28(33)31-25-17-9-6-10-18-25/h4-5,7-8,11-16,19,25,27H,1,6,9-10,17-18,20-21H2,2-3H3,(H,30,34)(H,31,33)/b22-13+. The van der Waals surface area contributed by atoms with Gasteiger partial charge in [-0.3, -0.25) is 4.79 Å². The first-order chi connectivity index (χ1) is 16.5. The summed E-state index contributed by atoms with van der Waals surface area (Å²) in [6.45, 7) is 8.44. The minimum Gasteiger partial charge on any atom is -0.351 e. The number of carbonyl (C=O) groups is 2. The van der Waals surface area contributed by atoms with Crippen LogP contribution in [0.2, 0.25) is 0 Å². The van der Waals surface area contributed by atoms with E-state index in [0.717, 1.165) is 47.9 Å². The summed E-state index contributed by atoms with van der Waals surface area (Å²) in [5, 5.41) is 6.29. The second-order valence-electron chi connectivity index (χ2n) is 9.12. The van der Waals surface area contributed by atoms with E-state index in [1.165, 1.54) is 6.42 Å². The van der Waals surface area contributed by atoms with Crippen molar-refractivity contribution in [2.24, 2.45) is 0 Å². The highest BCUT2D eigenvalue weighted by molar-refractivity contribution is 5.89. The monoisotopic (exact) mass is 459 g/mol. The number of urea groups is 1. The zero-order valence-electron chi connectivity index (χ0n) is 20.4. The van der Waals surface area contributed by atoms with Gasteiger partial charge in [-0.2, -0.15) is 0 Å². The molecule has 3 rings (SSSR count). The fourth-order valence-corrected chi connectivity index (χ4v) is 4.55. The summed E-state index contributed by atoms with van der Waals surface area (Å²) < 4.78 is 0. The third-order valence-corrected chi connectivity index (χ3v) is 6.36. The van der Waals surface area contributed by atoms with E-state index in [0.29, 0.717) is 13.1 Å². The van der Waals surface area contributed by atoms with Crippen molar-refractivity contribution in [1.82, 2.24) is 15.5 Å². The Bertz CT molecular complexity index is 993. The lowest BCUT2D eigenvalue weighted by atomic mass is 9.94. The van der Waals surface area contributed by atoms with E-state index >= 15 is 0 Å². The summed E-state index contributed by atoms with van der Waals surface area (Å²) in [6.07, 6.45) is 9.04. The molecule has 1 atom stereocenters. The number of hydrogen-bond donors (Lipinski definition) is 2. The average molecular weight is 460 g/mol.